The number of aryl methyl sites for hydroxylation is 1. The van der Waals surface area contributed by atoms with Crippen molar-refractivity contribution in [3.05, 3.63) is 36.0 Å². The summed E-state index contributed by atoms with van der Waals surface area (Å²) in [6.45, 7) is 6.84. The highest BCUT2D eigenvalue weighted by Crippen LogP contribution is 2.25. The van der Waals surface area contributed by atoms with Gasteiger partial charge in [0.15, 0.2) is 11.0 Å². The van der Waals surface area contributed by atoms with Crippen LogP contribution in [-0.2, 0) is 9.53 Å². The molecule has 4 rings (SSSR count). The van der Waals surface area contributed by atoms with Gasteiger partial charge in [0.2, 0.25) is 5.91 Å². The number of aromatic nitrogens is 2. The van der Waals surface area contributed by atoms with Crippen LogP contribution in [-0.4, -0.2) is 64.1 Å². The molecule has 168 valence electrons. The largest absolute Gasteiger partial charge is 0.378 e. The molecule has 2 N–H and O–H groups in total. The van der Waals surface area contributed by atoms with Crippen LogP contribution in [0.1, 0.15) is 31.9 Å². The highest BCUT2D eigenvalue weighted by molar-refractivity contribution is 8.14. The van der Waals surface area contributed by atoms with E-state index in [9.17, 15) is 4.79 Å². The Kier molecular flexibility index (Phi) is 7.33. The number of aromatic amines is 1. The predicted octanol–water partition coefficient (Wildman–Crippen LogP) is 3.77. The number of carbonyl (C=O) groups excluding carboxylic acids is 1. The van der Waals surface area contributed by atoms with Crippen LogP contribution in [0, 0.1) is 6.92 Å². The van der Waals surface area contributed by atoms with Crippen LogP contribution in [0.25, 0.3) is 0 Å². The first-order valence-electron chi connectivity index (χ1n) is 10.8. The molecular weight excluding hydrogens is 426 g/mol. The van der Waals surface area contributed by atoms with Crippen LogP contribution in [0.2, 0.25) is 0 Å². The summed E-state index contributed by atoms with van der Waals surface area (Å²) >= 11 is 1.48. The van der Waals surface area contributed by atoms with Crippen LogP contribution in [0.15, 0.2) is 50.2 Å². The minimum atomic E-state index is -0.00671. The van der Waals surface area contributed by atoms with Crippen molar-refractivity contribution in [3.63, 3.8) is 0 Å². The Morgan fingerprint density at radius 1 is 1.22 bits per heavy atom. The van der Waals surface area contributed by atoms with Gasteiger partial charge >= 0.3 is 0 Å². The summed E-state index contributed by atoms with van der Waals surface area (Å²) in [5.74, 6) is 2.33. The monoisotopic (exact) mass is 453 g/mol. The van der Waals surface area contributed by atoms with E-state index in [1.807, 2.05) is 44.2 Å². The predicted molar refractivity (Wildman–Crippen MR) is 128 cm³/mol. The van der Waals surface area contributed by atoms with Gasteiger partial charge in [0.1, 0.15) is 11.7 Å². The van der Waals surface area contributed by atoms with E-state index in [4.69, 9.17) is 14.7 Å². The molecule has 0 bridgehead atoms. The van der Waals surface area contributed by atoms with Crippen LogP contribution < -0.4 is 5.32 Å². The fraction of sp³-hybridized carbons (Fsp3) is 0.409. The van der Waals surface area contributed by atoms with Gasteiger partial charge in [-0.25, -0.2) is 15.0 Å². The number of hydrogen-bond donors (Lipinski definition) is 2. The number of H-pyrrole nitrogens is 1. The zero-order chi connectivity index (χ0) is 22.3. The molecule has 1 aromatic carbocycles. The molecule has 2 aromatic rings. The molecule has 0 unspecified atom stereocenters. The minimum absolute atomic E-state index is 0.00671. The first kappa shape index (κ1) is 22.2. The van der Waals surface area contributed by atoms with Crippen LogP contribution in [0.5, 0.6) is 0 Å². The lowest BCUT2D eigenvalue weighted by Gasteiger charge is -2.29. The van der Waals surface area contributed by atoms with Crippen molar-refractivity contribution in [2.75, 3.05) is 31.6 Å². The number of amides is 1. The molecule has 0 atom stereocenters. The van der Waals surface area contributed by atoms with E-state index in [0.29, 0.717) is 42.9 Å². The Morgan fingerprint density at radius 3 is 2.69 bits per heavy atom. The molecule has 10 heteroatoms. The second-order valence-corrected chi connectivity index (χ2v) is 8.53. The molecule has 2 aliphatic heterocycles. The maximum Gasteiger partial charge on any atom is 0.224 e. The topological polar surface area (TPSA) is 107 Å². The van der Waals surface area contributed by atoms with Crippen molar-refractivity contribution in [1.29, 1.82) is 0 Å². The number of rotatable bonds is 4. The zero-order valence-electron chi connectivity index (χ0n) is 18.3. The van der Waals surface area contributed by atoms with Crippen LogP contribution in [0.3, 0.4) is 0 Å². The zero-order valence-corrected chi connectivity index (χ0v) is 19.1. The van der Waals surface area contributed by atoms with E-state index in [2.05, 4.69) is 25.4 Å². The number of hydrogen-bond acceptors (Lipinski definition) is 7. The number of anilines is 1. The Bertz CT molecular complexity index is 1040. The second kappa shape index (κ2) is 10.6. The fourth-order valence-corrected chi connectivity index (χ4v) is 4.10. The number of ether oxygens (including phenoxy) is 1. The summed E-state index contributed by atoms with van der Waals surface area (Å²) < 4.78 is 5.50. The van der Waals surface area contributed by atoms with Crippen LogP contribution >= 0.6 is 11.8 Å². The lowest BCUT2D eigenvalue weighted by molar-refractivity contribution is -0.115. The summed E-state index contributed by atoms with van der Waals surface area (Å²) in [6, 6.07) is 9.60. The quantitative estimate of drug-likeness (QED) is 0.733. The first-order valence-corrected chi connectivity index (χ1v) is 11.6. The lowest BCUT2D eigenvalue weighted by Crippen LogP contribution is -2.40. The molecule has 9 nitrogen and oxygen atoms in total. The SMILES string of the molecule is CCC(=O)Nc1ccc(SC2=NC(=Nc3cc(C)[nH]n3)CCC(N3CCOCC3)=N2)cc1. The molecule has 3 heterocycles. The Labute approximate surface area is 191 Å². The maximum absolute atomic E-state index is 11.6. The minimum Gasteiger partial charge on any atom is -0.378 e. The molecule has 1 amide bonds. The van der Waals surface area contributed by atoms with Crippen molar-refractivity contribution in [2.24, 2.45) is 15.0 Å². The van der Waals surface area contributed by atoms with Gasteiger partial charge in [-0.2, -0.15) is 5.10 Å². The van der Waals surface area contributed by atoms with Crippen molar-refractivity contribution < 1.29 is 9.53 Å². The first-order chi connectivity index (χ1) is 15.6. The van der Waals surface area contributed by atoms with Gasteiger partial charge in [-0.1, -0.05) is 6.92 Å². The number of morpholine rings is 1. The number of amidine groups is 3. The van der Waals surface area contributed by atoms with Crippen molar-refractivity contribution in [3.8, 4) is 0 Å². The third-order valence-electron chi connectivity index (χ3n) is 5.00. The molecule has 2 aliphatic rings. The Balaban J connectivity index is 1.56. The number of nitrogens with one attached hydrogen (secondary N) is 2. The van der Waals surface area contributed by atoms with Gasteiger partial charge in [-0.3, -0.25) is 9.89 Å². The van der Waals surface area contributed by atoms with Gasteiger partial charge in [0.05, 0.1) is 13.2 Å². The Hall–Kier alpha value is -2.98. The fourth-order valence-electron chi connectivity index (χ4n) is 3.31. The van der Waals surface area contributed by atoms with Crippen molar-refractivity contribution >= 4 is 46.0 Å². The molecular formula is C22H27N7O2S. The number of carbonyl (C=O) groups is 1. The molecule has 1 fully saturated rings. The van der Waals surface area contributed by atoms with Gasteiger partial charge in [-0.05, 0) is 43.0 Å². The van der Waals surface area contributed by atoms with E-state index < -0.39 is 0 Å². The third kappa shape index (κ3) is 6.04. The molecule has 0 radical (unpaired) electrons. The summed E-state index contributed by atoms with van der Waals surface area (Å²) in [7, 11) is 0. The highest BCUT2D eigenvalue weighted by Gasteiger charge is 2.20. The van der Waals surface area contributed by atoms with E-state index in [1.54, 1.807) is 0 Å². The molecule has 0 aliphatic carbocycles. The molecule has 1 aromatic heterocycles. The van der Waals surface area contributed by atoms with E-state index in [0.717, 1.165) is 41.6 Å². The van der Waals surface area contributed by atoms with Gasteiger partial charge in [0.25, 0.3) is 0 Å². The van der Waals surface area contributed by atoms with E-state index in [-0.39, 0.29) is 5.91 Å². The van der Waals surface area contributed by atoms with Gasteiger partial charge in [0, 0.05) is 54.7 Å². The molecule has 32 heavy (non-hydrogen) atoms. The molecule has 0 saturated carbocycles. The molecule has 0 spiro atoms. The van der Waals surface area contributed by atoms with Crippen molar-refractivity contribution in [2.45, 2.75) is 38.0 Å². The standard InChI is InChI=1S/C22H27N7O2S/c1-3-21(30)23-16-4-6-17(7-5-16)32-22-25-18(24-19-14-15(2)27-28-19)8-9-20(26-22)29-10-12-31-13-11-29/h4-7,14H,3,8-13H2,1-2H3,(H,23,30)(H,27,28). The summed E-state index contributed by atoms with van der Waals surface area (Å²) in [4.78, 5) is 29.2. The third-order valence-corrected chi connectivity index (χ3v) is 5.88. The lowest BCUT2D eigenvalue weighted by atomic mass is 10.2. The Morgan fingerprint density at radius 2 is 2.00 bits per heavy atom. The smallest absolute Gasteiger partial charge is 0.224 e. The highest BCUT2D eigenvalue weighted by atomic mass is 32.2. The van der Waals surface area contributed by atoms with Gasteiger partial charge in [-0.15, -0.1) is 0 Å². The van der Waals surface area contributed by atoms with Crippen LogP contribution in [0.4, 0.5) is 11.5 Å². The number of benzene rings is 1. The average Bonchev–Trinajstić information content (AvgIpc) is 3.11. The number of nitrogens with zero attached hydrogens (tertiary/aromatic N) is 5. The second-order valence-electron chi connectivity index (χ2n) is 7.49. The normalized spacial score (nSPS) is 18.2. The van der Waals surface area contributed by atoms with E-state index in [1.165, 1.54) is 11.8 Å². The molecule has 1 saturated heterocycles. The van der Waals surface area contributed by atoms with E-state index >= 15 is 0 Å². The summed E-state index contributed by atoms with van der Waals surface area (Å²) in [6.07, 6.45) is 1.90. The maximum atomic E-state index is 11.6. The summed E-state index contributed by atoms with van der Waals surface area (Å²) in [5.41, 5.74) is 1.73. The number of aliphatic imine (C=N–C) groups is 3. The van der Waals surface area contributed by atoms with Gasteiger partial charge < -0.3 is 15.0 Å². The summed E-state index contributed by atoms with van der Waals surface area (Å²) in [5, 5.41) is 10.6. The number of thioether (sulfide) groups is 1. The van der Waals surface area contributed by atoms with Crippen molar-refractivity contribution in [1.82, 2.24) is 15.1 Å². The average molecular weight is 454 g/mol.